The van der Waals surface area contributed by atoms with Crippen molar-refractivity contribution in [3.8, 4) is 56.4 Å². The van der Waals surface area contributed by atoms with Crippen molar-refractivity contribution in [1.29, 1.82) is 0 Å². The molecule has 51 heavy (non-hydrogen) atoms. The summed E-state index contributed by atoms with van der Waals surface area (Å²) < 4.78 is 6.60. The van der Waals surface area contributed by atoms with Gasteiger partial charge in [0.1, 0.15) is 11.2 Å². The van der Waals surface area contributed by atoms with Crippen LogP contribution in [0.4, 0.5) is 0 Å². The van der Waals surface area contributed by atoms with E-state index in [1.54, 1.807) is 0 Å². The largest absolute Gasteiger partial charge is 0.455 e. The second-order valence-electron chi connectivity index (χ2n) is 12.8. The van der Waals surface area contributed by atoms with Crippen molar-refractivity contribution in [3.63, 3.8) is 0 Å². The Morgan fingerprint density at radius 1 is 0.333 bits per heavy atom. The van der Waals surface area contributed by atoms with Gasteiger partial charge in [-0.15, -0.1) is 0 Å². The van der Waals surface area contributed by atoms with E-state index in [1.807, 2.05) is 24.3 Å². The Morgan fingerprint density at radius 3 is 1.63 bits per heavy atom. The molecule has 0 saturated carbocycles. The van der Waals surface area contributed by atoms with Gasteiger partial charge in [-0.3, -0.25) is 0 Å². The Balaban J connectivity index is 1.19. The lowest BCUT2D eigenvalue weighted by atomic mass is 9.99. The van der Waals surface area contributed by atoms with E-state index in [0.717, 1.165) is 65.9 Å². The van der Waals surface area contributed by atoms with Crippen LogP contribution in [0.1, 0.15) is 0 Å². The number of para-hydroxylation sites is 1. The topological polar surface area (TPSA) is 51.8 Å². The van der Waals surface area contributed by atoms with Crippen LogP contribution in [0.5, 0.6) is 0 Å². The molecule has 0 bridgehead atoms. The van der Waals surface area contributed by atoms with Crippen molar-refractivity contribution in [2.45, 2.75) is 0 Å². The molecule has 0 aliphatic carbocycles. The van der Waals surface area contributed by atoms with Crippen molar-refractivity contribution in [1.82, 2.24) is 15.0 Å². The minimum atomic E-state index is 0.597. The van der Waals surface area contributed by atoms with Crippen LogP contribution in [-0.4, -0.2) is 15.0 Å². The number of nitrogens with zero attached hydrogens (tertiary/aromatic N) is 3. The van der Waals surface area contributed by atoms with Crippen LogP contribution in [0.3, 0.4) is 0 Å². The molecule has 0 fully saturated rings. The number of hydrogen-bond donors (Lipinski definition) is 0. The summed E-state index contributed by atoms with van der Waals surface area (Å²) in [4.78, 5) is 15.5. The van der Waals surface area contributed by atoms with E-state index < -0.39 is 0 Å². The van der Waals surface area contributed by atoms with E-state index in [-0.39, 0.29) is 0 Å². The van der Waals surface area contributed by atoms with E-state index >= 15 is 0 Å². The van der Waals surface area contributed by atoms with Gasteiger partial charge in [-0.1, -0.05) is 152 Å². The van der Waals surface area contributed by atoms with Gasteiger partial charge in [-0.05, 0) is 62.5 Å². The molecule has 238 valence electrons. The third-order valence-corrected chi connectivity index (χ3v) is 9.70. The molecule has 0 aliphatic heterocycles. The quantitative estimate of drug-likeness (QED) is 0.186. The van der Waals surface area contributed by atoms with E-state index in [9.17, 15) is 0 Å². The number of hydrogen-bond acceptors (Lipinski definition) is 4. The summed E-state index contributed by atoms with van der Waals surface area (Å²) in [5.74, 6) is 1.83. The zero-order valence-electron chi connectivity index (χ0n) is 27.5. The smallest absolute Gasteiger partial charge is 0.164 e. The Morgan fingerprint density at radius 2 is 0.882 bits per heavy atom. The summed E-state index contributed by atoms with van der Waals surface area (Å²) in [6.45, 7) is 0. The molecule has 0 N–H and O–H groups in total. The van der Waals surface area contributed by atoms with Crippen molar-refractivity contribution >= 4 is 43.5 Å². The second-order valence-corrected chi connectivity index (χ2v) is 12.8. The molecule has 0 spiro atoms. The van der Waals surface area contributed by atoms with Crippen LogP contribution < -0.4 is 0 Å². The number of aromatic nitrogens is 3. The summed E-state index contributed by atoms with van der Waals surface area (Å²) in [6.07, 6.45) is 0. The third kappa shape index (κ3) is 5.13. The van der Waals surface area contributed by atoms with E-state index in [4.69, 9.17) is 19.4 Å². The molecule has 10 rings (SSSR count). The molecule has 0 amide bonds. The lowest BCUT2D eigenvalue weighted by molar-refractivity contribution is 0.670. The van der Waals surface area contributed by atoms with Gasteiger partial charge in [0.15, 0.2) is 17.5 Å². The van der Waals surface area contributed by atoms with E-state index in [0.29, 0.717) is 17.5 Å². The SMILES string of the molecule is c1ccc(-c2ccc3ccc(-c4nc(-c5ccc6ccccc6c5)nc(-c5cccc6oc7c(-c8ccccc8)cccc7c56)n4)cc3c2)cc1. The van der Waals surface area contributed by atoms with Crippen LogP contribution in [0.15, 0.2) is 180 Å². The van der Waals surface area contributed by atoms with Crippen molar-refractivity contribution in [3.05, 3.63) is 176 Å². The maximum absolute atomic E-state index is 6.60. The predicted octanol–water partition coefficient (Wildman–Crippen LogP) is 12.4. The Labute approximate surface area is 294 Å². The number of benzene rings is 8. The summed E-state index contributed by atoms with van der Waals surface area (Å²) in [6, 6.07) is 61.1. The average Bonchev–Trinajstić information content (AvgIpc) is 3.60. The summed E-state index contributed by atoms with van der Waals surface area (Å²) in [5.41, 5.74) is 8.90. The van der Waals surface area contributed by atoms with Gasteiger partial charge in [0.2, 0.25) is 0 Å². The van der Waals surface area contributed by atoms with Gasteiger partial charge in [0, 0.05) is 33.0 Å². The molecule has 0 radical (unpaired) electrons. The monoisotopic (exact) mass is 651 g/mol. The molecular weight excluding hydrogens is 623 g/mol. The van der Waals surface area contributed by atoms with Gasteiger partial charge >= 0.3 is 0 Å². The first-order valence-corrected chi connectivity index (χ1v) is 17.1. The summed E-state index contributed by atoms with van der Waals surface area (Å²) >= 11 is 0. The zero-order chi connectivity index (χ0) is 33.7. The van der Waals surface area contributed by atoms with Crippen molar-refractivity contribution < 1.29 is 4.42 Å². The normalized spacial score (nSPS) is 11.5. The second kappa shape index (κ2) is 11.9. The van der Waals surface area contributed by atoms with Gasteiger partial charge < -0.3 is 4.42 Å². The van der Waals surface area contributed by atoms with Gasteiger partial charge in [0.25, 0.3) is 0 Å². The fraction of sp³-hybridized carbons (Fsp3) is 0. The Bertz CT molecular complexity index is 2910. The number of fused-ring (bicyclic) bond motifs is 5. The summed E-state index contributed by atoms with van der Waals surface area (Å²) in [5, 5.41) is 6.59. The number of rotatable bonds is 5. The third-order valence-electron chi connectivity index (χ3n) is 9.70. The van der Waals surface area contributed by atoms with Crippen LogP contribution in [0, 0.1) is 0 Å². The first-order chi connectivity index (χ1) is 25.2. The Hall–Kier alpha value is -6.91. The maximum Gasteiger partial charge on any atom is 0.164 e. The standard InChI is InChI=1S/C47H29N3O/c1-3-11-30(12-4-1)35-24-21-32-23-26-37(29-38(32)28-35)46-48-45(36-25-22-31-13-7-8-16-34(31)27-36)49-47(50-46)41-19-10-20-42-43(41)40-18-9-17-39(44(40)51-42)33-14-5-2-6-15-33/h1-29H. The van der Waals surface area contributed by atoms with E-state index in [1.165, 1.54) is 16.5 Å². The van der Waals surface area contributed by atoms with Gasteiger partial charge in [-0.2, -0.15) is 0 Å². The Kier molecular flexibility index (Phi) is 6.78. The highest BCUT2D eigenvalue weighted by molar-refractivity contribution is 6.15. The molecular formula is C47H29N3O. The molecule has 4 nitrogen and oxygen atoms in total. The average molecular weight is 652 g/mol. The molecule has 8 aromatic carbocycles. The molecule has 0 unspecified atom stereocenters. The van der Waals surface area contributed by atoms with E-state index in [2.05, 4.69) is 152 Å². The fourth-order valence-electron chi connectivity index (χ4n) is 7.16. The predicted molar refractivity (Wildman–Crippen MR) is 209 cm³/mol. The minimum Gasteiger partial charge on any atom is -0.455 e. The molecule has 0 aliphatic rings. The van der Waals surface area contributed by atoms with Gasteiger partial charge in [0.05, 0.1) is 0 Å². The van der Waals surface area contributed by atoms with Crippen LogP contribution in [-0.2, 0) is 0 Å². The molecule has 0 saturated heterocycles. The fourth-order valence-corrected chi connectivity index (χ4v) is 7.16. The lowest BCUT2D eigenvalue weighted by Crippen LogP contribution is -2.00. The first-order valence-electron chi connectivity index (χ1n) is 17.1. The minimum absolute atomic E-state index is 0.597. The lowest BCUT2D eigenvalue weighted by Gasteiger charge is -2.11. The molecule has 4 heteroatoms. The number of furan rings is 1. The zero-order valence-corrected chi connectivity index (χ0v) is 27.5. The highest BCUT2D eigenvalue weighted by Gasteiger charge is 2.20. The molecule has 2 aromatic heterocycles. The molecule has 2 heterocycles. The van der Waals surface area contributed by atoms with Crippen molar-refractivity contribution in [2.24, 2.45) is 0 Å². The highest BCUT2D eigenvalue weighted by atomic mass is 16.3. The highest BCUT2D eigenvalue weighted by Crippen LogP contribution is 2.40. The van der Waals surface area contributed by atoms with Gasteiger partial charge in [-0.25, -0.2) is 15.0 Å². The van der Waals surface area contributed by atoms with Crippen molar-refractivity contribution in [2.75, 3.05) is 0 Å². The maximum atomic E-state index is 6.60. The van der Waals surface area contributed by atoms with Crippen LogP contribution >= 0.6 is 0 Å². The summed E-state index contributed by atoms with van der Waals surface area (Å²) in [7, 11) is 0. The first kappa shape index (κ1) is 29.0. The van der Waals surface area contributed by atoms with Crippen LogP contribution in [0.2, 0.25) is 0 Å². The molecule has 0 atom stereocenters. The molecule has 10 aromatic rings. The van der Waals surface area contributed by atoms with Crippen LogP contribution in [0.25, 0.3) is 99.9 Å².